The van der Waals surface area contributed by atoms with E-state index in [1.54, 1.807) is 17.8 Å². The van der Waals surface area contributed by atoms with Gasteiger partial charge < -0.3 is 5.32 Å². The number of hydrogen-bond acceptors (Lipinski definition) is 4. The number of carbonyl (C=O) groups is 1. The van der Waals surface area contributed by atoms with Crippen LogP contribution in [0.15, 0.2) is 58.3 Å². The number of halogens is 1. The Hall–Kier alpha value is -1.50. The third-order valence-corrected chi connectivity index (χ3v) is 7.58. The van der Waals surface area contributed by atoms with E-state index < -0.39 is 20.5 Å². The monoisotopic (exact) mass is 381 g/mol. The van der Waals surface area contributed by atoms with Crippen molar-refractivity contribution in [2.45, 2.75) is 27.4 Å². The van der Waals surface area contributed by atoms with Crippen LogP contribution in [0.4, 0.5) is 5.69 Å². The second kappa shape index (κ2) is 6.43. The predicted molar refractivity (Wildman–Crippen MR) is 97.5 cm³/mol. The molecule has 2 aromatic rings. The van der Waals surface area contributed by atoms with Crippen LogP contribution in [-0.4, -0.2) is 25.3 Å². The number of benzene rings is 2. The molecule has 0 saturated heterocycles. The van der Waals surface area contributed by atoms with Crippen LogP contribution in [0, 0.1) is 0 Å². The summed E-state index contributed by atoms with van der Waals surface area (Å²) in [5.74, 6) is -0.476. The minimum absolute atomic E-state index is 0.123. The van der Waals surface area contributed by atoms with Crippen molar-refractivity contribution in [1.29, 1.82) is 0 Å². The molecule has 4 nitrogen and oxygen atoms in total. The first-order valence-corrected chi connectivity index (χ1v) is 10.4. The van der Waals surface area contributed by atoms with Gasteiger partial charge in [0, 0.05) is 15.6 Å². The Morgan fingerprint density at radius 2 is 1.83 bits per heavy atom. The van der Waals surface area contributed by atoms with E-state index in [0.29, 0.717) is 23.6 Å². The van der Waals surface area contributed by atoms with Crippen molar-refractivity contribution in [1.82, 2.24) is 0 Å². The summed E-state index contributed by atoms with van der Waals surface area (Å²) in [5, 5.41) is 3.20. The van der Waals surface area contributed by atoms with Crippen molar-refractivity contribution in [3.05, 3.63) is 53.6 Å². The molecule has 1 aliphatic carbocycles. The second-order valence-electron chi connectivity index (χ2n) is 5.64. The van der Waals surface area contributed by atoms with Crippen LogP contribution in [0.2, 0.25) is 5.02 Å². The average molecular weight is 382 g/mol. The van der Waals surface area contributed by atoms with Gasteiger partial charge in [-0.3, -0.25) is 4.79 Å². The van der Waals surface area contributed by atoms with E-state index in [1.165, 1.54) is 24.3 Å². The zero-order chi connectivity index (χ0) is 17.4. The lowest BCUT2D eigenvalue weighted by Crippen LogP contribution is -2.37. The van der Waals surface area contributed by atoms with Crippen LogP contribution in [0.5, 0.6) is 0 Å². The molecule has 0 bridgehead atoms. The topological polar surface area (TPSA) is 63.2 Å². The first-order chi connectivity index (χ1) is 11.4. The van der Waals surface area contributed by atoms with Crippen LogP contribution in [-0.2, 0) is 14.6 Å². The number of anilines is 1. The third kappa shape index (κ3) is 3.06. The Balaban J connectivity index is 1.87. The Labute approximate surface area is 150 Å². The van der Waals surface area contributed by atoms with E-state index in [2.05, 4.69) is 5.32 Å². The van der Waals surface area contributed by atoms with E-state index in [-0.39, 0.29) is 4.90 Å². The van der Waals surface area contributed by atoms with E-state index in [9.17, 15) is 13.2 Å². The minimum Gasteiger partial charge on any atom is -0.325 e. The maximum Gasteiger partial charge on any atom is 0.246 e. The van der Waals surface area contributed by atoms with Gasteiger partial charge in [-0.15, -0.1) is 11.8 Å². The van der Waals surface area contributed by atoms with Gasteiger partial charge in [0.2, 0.25) is 5.91 Å². The zero-order valence-corrected chi connectivity index (χ0v) is 15.3. The molecular weight excluding hydrogens is 366 g/mol. The number of nitrogens with one attached hydrogen (secondary N) is 1. The highest BCUT2D eigenvalue weighted by atomic mass is 35.5. The van der Waals surface area contributed by atoms with E-state index in [0.717, 1.165) is 4.90 Å². The fourth-order valence-electron chi connectivity index (χ4n) is 2.52. The molecule has 3 rings (SSSR count). The SMILES string of the molecule is CSc1cccc(NC(=O)C2(S(=O)(=O)c3ccc(Cl)cc3)CC2)c1. The first-order valence-electron chi connectivity index (χ1n) is 7.35. The number of carbonyl (C=O) groups excluding carboxylic acids is 1. The zero-order valence-electron chi connectivity index (χ0n) is 13.0. The molecule has 0 aliphatic heterocycles. The smallest absolute Gasteiger partial charge is 0.246 e. The lowest BCUT2D eigenvalue weighted by atomic mass is 10.3. The summed E-state index contributed by atoms with van der Waals surface area (Å²) in [4.78, 5) is 13.8. The number of hydrogen-bond donors (Lipinski definition) is 1. The molecule has 126 valence electrons. The number of rotatable bonds is 5. The molecule has 0 unspecified atom stereocenters. The third-order valence-electron chi connectivity index (χ3n) is 4.08. The standard InChI is InChI=1S/C17H16ClNO3S2/c1-23-14-4-2-3-13(11-14)19-16(20)17(9-10-17)24(21,22)15-7-5-12(18)6-8-15/h2-8,11H,9-10H2,1H3,(H,19,20). The number of sulfone groups is 1. The second-order valence-corrected chi connectivity index (χ2v) is 9.21. The Morgan fingerprint density at radius 1 is 1.17 bits per heavy atom. The Kier molecular flexibility index (Phi) is 4.64. The molecule has 1 N–H and O–H groups in total. The van der Waals surface area contributed by atoms with Gasteiger partial charge in [0.05, 0.1) is 4.90 Å². The van der Waals surface area contributed by atoms with Crippen LogP contribution >= 0.6 is 23.4 Å². The minimum atomic E-state index is -3.76. The summed E-state index contributed by atoms with van der Waals surface area (Å²) in [6.45, 7) is 0. The van der Waals surface area contributed by atoms with Gasteiger partial charge in [-0.05, 0) is 61.6 Å². The Bertz CT molecular complexity index is 875. The number of thioether (sulfide) groups is 1. The van der Waals surface area contributed by atoms with Gasteiger partial charge in [-0.1, -0.05) is 17.7 Å². The summed E-state index contributed by atoms with van der Waals surface area (Å²) in [7, 11) is -3.76. The highest BCUT2D eigenvalue weighted by molar-refractivity contribution is 7.98. The first kappa shape index (κ1) is 17.3. The van der Waals surface area contributed by atoms with Gasteiger partial charge in [0.25, 0.3) is 0 Å². The maximum atomic E-state index is 12.9. The molecule has 0 aromatic heterocycles. The van der Waals surface area contributed by atoms with E-state index in [1.807, 2.05) is 24.5 Å². The van der Waals surface area contributed by atoms with Crippen molar-refractivity contribution in [3.8, 4) is 0 Å². The summed E-state index contributed by atoms with van der Waals surface area (Å²) in [5.41, 5.74) is 0.601. The molecule has 7 heteroatoms. The number of amides is 1. The maximum absolute atomic E-state index is 12.9. The van der Waals surface area contributed by atoms with Crippen molar-refractivity contribution in [3.63, 3.8) is 0 Å². The predicted octanol–water partition coefficient (Wildman–Crippen LogP) is 4.01. The van der Waals surface area contributed by atoms with Crippen molar-refractivity contribution in [2.24, 2.45) is 0 Å². The lowest BCUT2D eigenvalue weighted by Gasteiger charge is -2.16. The molecular formula is C17H16ClNO3S2. The molecule has 1 fully saturated rings. The fourth-order valence-corrected chi connectivity index (χ4v) is 4.98. The highest BCUT2D eigenvalue weighted by Gasteiger charge is 2.61. The van der Waals surface area contributed by atoms with Crippen LogP contribution in [0.25, 0.3) is 0 Å². The summed E-state index contributed by atoms with van der Waals surface area (Å²) < 4.78 is 24.4. The van der Waals surface area contributed by atoms with Crippen LogP contribution < -0.4 is 5.32 Å². The summed E-state index contributed by atoms with van der Waals surface area (Å²) in [6.07, 6.45) is 2.59. The van der Waals surface area contributed by atoms with E-state index in [4.69, 9.17) is 11.6 Å². The molecule has 1 saturated carbocycles. The quantitative estimate of drug-likeness (QED) is 0.795. The van der Waals surface area contributed by atoms with Crippen molar-refractivity contribution >= 4 is 44.8 Å². The van der Waals surface area contributed by atoms with Crippen molar-refractivity contribution in [2.75, 3.05) is 11.6 Å². The fraction of sp³-hybridized carbons (Fsp3) is 0.235. The average Bonchev–Trinajstić information content (AvgIpc) is 3.38. The van der Waals surface area contributed by atoms with Crippen LogP contribution in [0.1, 0.15) is 12.8 Å². The van der Waals surface area contributed by atoms with Gasteiger partial charge in [-0.2, -0.15) is 0 Å². The van der Waals surface area contributed by atoms with Gasteiger partial charge in [-0.25, -0.2) is 8.42 Å². The summed E-state index contributed by atoms with van der Waals surface area (Å²) >= 11 is 7.37. The molecule has 1 aliphatic rings. The molecule has 0 heterocycles. The van der Waals surface area contributed by atoms with E-state index >= 15 is 0 Å². The molecule has 2 aromatic carbocycles. The molecule has 0 atom stereocenters. The largest absolute Gasteiger partial charge is 0.325 e. The molecule has 0 radical (unpaired) electrons. The normalized spacial score (nSPS) is 15.8. The van der Waals surface area contributed by atoms with Crippen LogP contribution in [0.3, 0.4) is 0 Å². The highest BCUT2D eigenvalue weighted by Crippen LogP contribution is 2.47. The van der Waals surface area contributed by atoms with Gasteiger partial charge in [0.1, 0.15) is 0 Å². The van der Waals surface area contributed by atoms with Gasteiger partial charge >= 0.3 is 0 Å². The lowest BCUT2D eigenvalue weighted by molar-refractivity contribution is -0.116. The Morgan fingerprint density at radius 3 is 2.42 bits per heavy atom. The van der Waals surface area contributed by atoms with Crippen molar-refractivity contribution < 1.29 is 13.2 Å². The summed E-state index contributed by atoms with van der Waals surface area (Å²) in [6, 6.07) is 13.3. The molecule has 1 amide bonds. The molecule has 0 spiro atoms. The molecule has 24 heavy (non-hydrogen) atoms. The van der Waals surface area contributed by atoms with Gasteiger partial charge in [0.15, 0.2) is 14.6 Å².